The van der Waals surface area contributed by atoms with Crippen molar-refractivity contribution in [1.29, 1.82) is 0 Å². The summed E-state index contributed by atoms with van der Waals surface area (Å²) in [6, 6.07) is 10.8. The summed E-state index contributed by atoms with van der Waals surface area (Å²) in [5, 5.41) is 5.32. The van der Waals surface area contributed by atoms with Crippen LogP contribution in [0.2, 0.25) is 0 Å². The molecule has 134 valence electrons. The highest BCUT2D eigenvalue weighted by atomic mass is 16.3. The summed E-state index contributed by atoms with van der Waals surface area (Å²) >= 11 is 0. The topological polar surface area (TPSA) is 74.6 Å². The van der Waals surface area contributed by atoms with Crippen LogP contribution >= 0.6 is 0 Å². The number of furan rings is 1. The lowest BCUT2D eigenvalue weighted by Crippen LogP contribution is -2.44. The molecule has 1 heterocycles. The van der Waals surface area contributed by atoms with E-state index in [1.165, 1.54) is 0 Å². The average molecular weight is 343 g/mol. The van der Waals surface area contributed by atoms with Gasteiger partial charge in [-0.3, -0.25) is 4.79 Å². The molecule has 3 amide bonds. The number of hydrogen-bond donors (Lipinski definition) is 2. The van der Waals surface area contributed by atoms with Gasteiger partial charge in [-0.25, -0.2) is 4.79 Å². The molecule has 2 rings (SSSR count). The second-order valence-electron chi connectivity index (χ2n) is 6.30. The molecular weight excluding hydrogens is 318 g/mol. The van der Waals surface area contributed by atoms with Gasteiger partial charge in [0.1, 0.15) is 11.5 Å². The standard InChI is InChI=1S/C19H25N3O3/c1-13(2)22(12-17-9-8-15(4)25-17)18(23)11-20-19(24)21-16-7-5-6-14(3)10-16/h5-10,13H,11-12H2,1-4H3,(H2,20,21,24). The fourth-order valence-corrected chi connectivity index (χ4v) is 2.45. The molecule has 0 aliphatic rings. The summed E-state index contributed by atoms with van der Waals surface area (Å²) in [4.78, 5) is 26.1. The summed E-state index contributed by atoms with van der Waals surface area (Å²) in [5.74, 6) is 1.37. The van der Waals surface area contributed by atoms with Crippen molar-refractivity contribution in [2.45, 2.75) is 40.3 Å². The summed E-state index contributed by atoms with van der Waals surface area (Å²) in [5.41, 5.74) is 1.74. The molecule has 25 heavy (non-hydrogen) atoms. The van der Waals surface area contributed by atoms with Crippen molar-refractivity contribution in [3.05, 3.63) is 53.5 Å². The molecule has 0 atom stereocenters. The number of aryl methyl sites for hydroxylation is 2. The van der Waals surface area contributed by atoms with Gasteiger partial charge in [0.2, 0.25) is 5.91 Å². The molecule has 0 fully saturated rings. The first-order chi connectivity index (χ1) is 11.8. The van der Waals surface area contributed by atoms with E-state index in [-0.39, 0.29) is 18.5 Å². The Bertz CT molecular complexity index is 737. The van der Waals surface area contributed by atoms with Crippen molar-refractivity contribution < 1.29 is 14.0 Å². The van der Waals surface area contributed by atoms with Gasteiger partial charge in [0.05, 0.1) is 13.1 Å². The van der Waals surface area contributed by atoms with Crippen LogP contribution in [0.3, 0.4) is 0 Å². The van der Waals surface area contributed by atoms with Crippen LogP contribution in [-0.4, -0.2) is 29.4 Å². The van der Waals surface area contributed by atoms with Crippen LogP contribution in [-0.2, 0) is 11.3 Å². The minimum Gasteiger partial charge on any atom is -0.464 e. The molecule has 0 bridgehead atoms. The van der Waals surface area contributed by atoms with E-state index in [0.29, 0.717) is 12.2 Å². The number of urea groups is 1. The summed E-state index contributed by atoms with van der Waals surface area (Å²) in [6.07, 6.45) is 0. The minimum atomic E-state index is -0.406. The zero-order chi connectivity index (χ0) is 18.4. The van der Waals surface area contributed by atoms with Crippen molar-refractivity contribution in [2.75, 3.05) is 11.9 Å². The zero-order valence-corrected chi connectivity index (χ0v) is 15.1. The number of nitrogens with zero attached hydrogens (tertiary/aromatic N) is 1. The van der Waals surface area contributed by atoms with Crippen molar-refractivity contribution in [1.82, 2.24) is 10.2 Å². The highest BCUT2D eigenvalue weighted by molar-refractivity contribution is 5.92. The molecule has 2 aromatic rings. The summed E-state index contributed by atoms with van der Waals surface area (Å²) < 4.78 is 5.54. The molecule has 0 aliphatic carbocycles. The normalized spacial score (nSPS) is 10.6. The Morgan fingerprint density at radius 2 is 1.92 bits per heavy atom. The number of carbonyl (C=O) groups is 2. The van der Waals surface area contributed by atoms with E-state index in [1.54, 1.807) is 11.0 Å². The van der Waals surface area contributed by atoms with Crippen LogP contribution in [0, 0.1) is 13.8 Å². The third-order valence-corrected chi connectivity index (χ3v) is 3.74. The Morgan fingerprint density at radius 3 is 2.52 bits per heavy atom. The molecule has 0 radical (unpaired) electrons. The number of benzene rings is 1. The lowest BCUT2D eigenvalue weighted by atomic mass is 10.2. The van der Waals surface area contributed by atoms with Gasteiger partial charge in [-0.1, -0.05) is 12.1 Å². The quantitative estimate of drug-likeness (QED) is 0.843. The van der Waals surface area contributed by atoms with E-state index in [0.717, 1.165) is 17.1 Å². The first-order valence-corrected chi connectivity index (χ1v) is 8.31. The Hall–Kier alpha value is -2.76. The molecule has 6 nitrogen and oxygen atoms in total. The molecule has 0 unspecified atom stereocenters. The first kappa shape index (κ1) is 18.6. The van der Waals surface area contributed by atoms with Crippen molar-refractivity contribution in [3.63, 3.8) is 0 Å². The van der Waals surface area contributed by atoms with Gasteiger partial charge < -0.3 is 20.0 Å². The molecular formula is C19H25N3O3. The number of anilines is 1. The Labute approximate surface area is 148 Å². The third kappa shape index (κ3) is 5.67. The van der Waals surface area contributed by atoms with Gasteiger partial charge in [0.15, 0.2) is 0 Å². The molecule has 2 N–H and O–H groups in total. The van der Waals surface area contributed by atoms with Crippen molar-refractivity contribution >= 4 is 17.6 Å². The monoisotopic (exact) mass is 343 g/mol. The molecule has 1 aromatic carbocycles. The van der Waals surface area contributed by atoms with Gasteiger partial charge in [0.25, 0.3) is 0 Å². The lowest BCUT2D eigenvalue weighted by Gasteiger charge is -2.26. The summed E-state index contributed by atoms with van der Waals surface area (Å²) in [6.45, 7) is 7.98. The average Bonchev–Trinajstić information content (AvgIpc) is 2.95. The molecule has 0 saturated heterocycles. The molecule has 1 aromatic heterocycles. The smallest absolute Gasteiger partial charge is 0.319 e. The Morgan fingerprint density at radius 1 is 1.16 bits per heavy atom. The summed E-state index contributed by atoms with van der Waals surface area (Å²) in [7, 11) is 0. The number of hydrogen-bond acceptors (Lipinski definition) is 3. The van der Waals surface area contributed by atoms with E-state index in [2.05, 4.69) is 10.6 Å². The van der Waals surface area contributed by atoms with Crippen LogP contribution in [0.5, 0.6) is 0 Å². The van der Waals surface area contributed by atoms with Crippen LogP contribution < -0.4 is 10.6 Å². The van der Waals surface area contributed by atoms with Crippen molar-refractivity contribution in [3.8, 4) is 0 Å². The fraction of sp³-hybridized carbons (Fsp3) is 0.368. The van der Waals surface area contributed by atoms with E-state index in [4.69, 9.17) is 4.42 Å². The maximum atomic E-state index is 12.4. The van der Waals surface area contributed by atoms with Crippen molar-refractivity contribution in [2.24, 2.45) is 0 Å². The van der Waals surface area contributed by atoms with Gasteiger partial charge in [-0.15, -0.1) is 0 Å². The number of carbonyl (C=O) groups excluding carboxylic acids is 2. The zero-order valence-electron chi connectivity index (χ0n) is 15.1. The number of rotatable bonds is 6. The largest absolute Gasteiger partial charge is 0.464 e. The number of amides is 3. The highest BCUT2D eigenvalue weighted by Crippen LogP contribution is 2.12. The molecule has 0 saturated carbocycles. The SMILES string of the molecule is Cc1cccc(NC(=O)NCC(=O)N(Cc2ccc(C)o2)C(C)C)c1. The fourth-order valence-electron chi connectivity index (χ4n) is 2.45. The lowest BCUT2D eigenvalue weighted by molar-refractivity contribution is -0.132. The second kappa shape index (κ2) is 8.37. The van der Waals surface area contributed by atoms with Gasteiger partial charge in [-0.05, 0) is 57.5 Å². The highest BCUT2D eigenvalue weighted by Gasteiger charge is 2.19. The van der Waals surface area contributed by atoms with E-state index >= 15 is 0 Å². The van der Waals surface area contributed by atoms with Crippen LogP contribution in [0.25, 0.3) is 0 Å². The predicted molar refractivity (Wildman–Crippen MR) is 97.3 cm³/mol. The predicted octanol–water partition coefficient (Wildman–Crippen LogP) is 3.46. The molecule has 0 aliphatic heterocycles. The third-order valence-electron chi connectivity index (χ3n) is 3.74. The van der Waals surface area contributed by atoms with E-state index < -0.39 is 6.03 Å². The van der Waals surface area contributed by atoms with Crippen LogP contribution in [0.15, 0.2) is 40.8 Å². The second-order valence-corrected chi connectivity index (χ2v) is 6.30. The Balaban J connectivity index is 1.88. The first-order valence-electron chi connectivity index (χ1n) is 8.31. The molecule has 6 heteroatoms. The van der Waals surface area contributed by atoms with E-state index in [1.807, 2.05) is 58.0 Å². The van der Waals surface area contributed by atoms with Gasteiger partial charge in [-0.2, -0.15) is 0 Å². The Kier molecular flexibility index (Phi) is 6.22. The van der Waals surface area contributed by atoms with Gasteiger partial charge >= 0.3 is 6.03 Å². The number of nitrogens with one attached hydrogen (secondary N) is 2. The molecule has 0 spiro atoms. The van der Waals surface area contributed by atoms with Gasteiger partial charge in [0, 0.05) is 11.7 Å². The maximum absolute atomic E-state index is 12.4. The maximum Gasteiger partial charge on any atom is 0.319 e. The van der Waals surface area contributed by atoms with E-state index in [9.17, 15) is 9.59 Å². The minimum absolute atomic E-state index is 0.000426. The van der Waals surface area contributed by atoms with Crippen LogP contribution in [0.4, 0.5) is 10.5 Å². The van der Waals surface area contributed by atoms with Crippen LogP contribution in [0.1, 0.15) is 30.9 Å².